The lowest BCUT2D eigenvalue weighted by Crippen LogP contribution is -2.46. The molecule has 0 saturated carbocycles. The molecule has 7 heteroatoms. The molecule has 0 radical (unpaired) electrons. The smallest absolute Gasteiger partial charge is 0.415 e. The molecule has 1 unspecified atom stereocenters. The van der Waals surface area contributed by atoms with E-state index in [1.165, 1.54) is 4.90 Å². The molecule has 1 aliphatic heterocycles. The number of urea groups is 1. The Balaban J connectivity index is 2.48. The first-order valence-corrected chi connectivity index (χ1v) is 6.38. The van der Waals surface area contributed by atoms with Gasteiger partial charge in [0.05, 0.1) is 25.2 Å². The van der Waals surface area contributed by atoms with Gasteiger partial charge in [0.15, 0.2) is 0 Å². The quantitative estimate of drug-likeness (QED) is 0.810. The number of rotatable bonds is 5. The molecule has 1 atom stereocenters. The van der Waals surface area contributed by atoms with Crippen LogP contribution in [0.4, 0.5) is 9.59 Å². The molecule has 1 N–H and O–H groups in total. The molecular formula is C12H19N3O4. The van der Waals surface area contributed by atoms with Gasteiger partial charge in [-0.1, -0.05) is 0 Å². The molecule has 0 aromatic rings. The molecule has 1 fully saturated rings. The third kappa shape index (κ3) is 5.57. The highest BCUT2D eigenvalue weighted by molar-refractivity contribution is 5.90. The first-order chi connectivity index (χ1) is 9.17. The topological polar surface area (TPSA) is 91.7 Å². The highest BCUT2D eigenvalue weighted by Crippen LogP contribution is 2.13. The van der Waals surface area contributed by atoms with Crippen molar-refractivity contribution in [2.24, 2.45) is 0 Å². The maximum Gasteiger partial charge on any atom is 0.415 e. The zero-order valence-electron chi connectivity index (χ0n) is 11.1. The van der Waals surface area contributed by atoms with Crippen LogP contribution in [0.15, 0.2) is 0 Å². The fraction of sp³-hybridized carbons (Fsp3) is 0.750. The number of alkyl carbamates (subject to hydrolysis) is 1. The summed E-state index contributed by atoms with van der Waals surface area (Å²) >= 11 is 0. The summed E-state index contributed by atoms with van der Waals surface area (Å²) in [5.41, 5.74) is 0. The van der Waals surface area contributed by atoms with Crippen molar-refractivity contribution in [1.82, 2.24) is 10.2 Å². The molecule has 1 saturated heterocycles. The van der Waals surface area contributed by atoms with Gasteiger partial charge in [0.1, 0.15) is 0 Å². The van der Waals surface area contributed by atoms with Gasteiger partial charge >= 0.3 is 12.1 Å². The van der Waals surface area contributed by atoms with Gasteiger partial charge in [0, 0.05) is 19.7 Å². The van der Waals surface area contributed by atoms with Crippen LogP contribution in [0.1, 0.15) is 26.2 Å². The van der Waals surface area contributed by atoms with Gasteiger partial charge in [0.2, 0.25) is 0 Å². The van der Waals surface area contributed by atoms with Crippen LogP contribution >= 0.6 is 0 Å². The number of amides is 3. The maximum atomic E-state index is 11.9. The van der Waals surface area contributed by atoms with Crippen LogP contribution in [0.3, 0.4) is 0 Å². The molecule has 0 bridgehead atoms. The summed E-state index contributed by atoms with van der Waals surface area (Å²) in [5, 5.41) is 10.7. The van der Waals surface area contributed by atoms with Gasteiger partial charge in [-0.25, -0.2) is 14.9 Å². The van der Waals surface area contributed by atoms with E-state index in [2.05, 4.69) is 10.1 Å². The zero-order valence-corrected chi connectivity index (χ0v) is 11.1. The van der Waals surface area contributed by atoms with E-state index >= 15 is 0 Å². The number of imide groups is 1. The number of nitrogens with one attached hydrogen (secondary N) is 1. The number of nitriles is 1. The maximum absolute atomic E-state index is 11.9. The van der Waals surface area contributed by atoms with E-state index in [1.807, 2.05) is 6.07 Å². The molecule has 19 heavy (non-hydrogen) atoms. The fourth-order valence-corrected chi connectivity index (χ4v) is 1.83. The normalized spacial score (nSPS) is 17.6. The average molecular weight is 269 g/mol. The summed E-state index contributed by atoms with van der Waals surface area (Å²) in [6.07, 6.45) is 1.27. The summed E-state index contributed by atoms with van der Waals surface area (Å²) in [4.78, 5) is 24.5. The highest BCUT2D eigenvalue weighted by Gasteiger charge is 2.23. The molecule has 3 amide bonds. The summed E-state index contributed by atoms with van der Waals surface area (Å²) in [5.74, 6) is 0. The third-order valence-electron chi connectivity index (χ3n) is 2.71. The molecule has 1 heterocycles. The van der Waals surface area contributed by atoms with Crippen molar-refractivity contribution in [3.8, 4) is 6.07 Å². The lowest BCUT2D eigenvalue weighted by atomic mass is 10.2. The standard InChI is InChI=1S/C12H19N3O4/c1-2-18-12(17)14-11(16)15(7-4-6-13)9-10-5-3-8-19-10/h10H,2-5,7-9H2,1H3,(H,14,16,17). The predicted molar refractivity (Wildman–Crippen MR) is 66.3 cm³/mol. The van der Waals surface area contributed by atoms with Crippen molar-refractivity contribution in [3.05, 3.63) is 0 Å². The lowest BCUT2D eigenvalue weighted by Gasteiger charge is -2.24. The Hall–Kier alpha value is -1.81. The van der Waals surface area contributed by atoms with Crippen LogP contribution in [-0.2, 0) is 9.47 Å². The minimum atomic E-state index is -0.776. The van der Waals surface area contributed by atoms with Crippen molar-refractivity contribution in [1.29, 1.82) is 5.26 Å². The molecule has 106 valence electrons. The number of ether oxygens (including phenoxy) is 2. The van der Waals surface area contributed by atoms with E-state index in [1.54, 1.807) is 6.92 Å². The summed E-state index contributed by atoms with van der Waals surface area (Å²) in [7, 11) is 0. The van der Waals surface area contributed by atoms with Crippen molar-refractivity contribution in [2.75, 3.05) is 26.3 Å². The minimum absolute atomic E-state index is 0.0216. The molecule has 0 spiro atoms. The number of hydrogen-bond donors (Lipinski definition) is 1. The van der Waals surface area contributed by atoms with Gasteiger partial charge in [-0.3, -0.25) is 0 Å². The number of carbonyl (C=O) groups excluding carboxylic acids is 2. The molecule has 1 rings (SSSR count). The fourth-order valence-electron chi connectivity index (χ4n) is 1.83. The van der Waals surface area contributed by atoms with Crippen LogP contribution in [0.5, 0.6) is 0 Å². The van der Waals surface area contributed by atoms with E-state index in [0.717, 1.165) is 12.8 Å². The number of carbonyl (C=O) groups is 2. The van der Waals surface area contributed by atoms with Crippen molar-refractivity contribution < 1.29 is 19.1 Å². The Morgan fingerprint density at radius 2 is 2.37 bits per heavy atom. The summed E-state index contributed by atoms with van der Waals surface area (Å²) in [6.45, 7) is 3.19. The van der Waals surface area contributed by atoms with Crippen molar-refractivity contribution in [2.45, 2.75) is 32.3 Å². The van der Waals surface area contributed by atoms with E-state index in [0.29, 0.717) is 13.2 Å². The first kappa shape index (κ1) is 15.2. The Kier molecular flexibility index (Phi) is 6.68. The molecule has 1 aliphatic rings. The molecule has 0 aromatic carbocycles. The predicted octanol–water partition coefficient (Wildman–Crippen LogP) is 1.25. The monoisotopic (exact) mass is 269 g/mol. The highest BCUT2D eigenvalue weighted by atomic mass is 16.5. The van der Waals surface area contributed by atoms with Crippen LogP contribution < -0.4 is 5.32 Å². The second-order valence-corrected chi connectivity index (χ2v) is 4.14. The zero-order chi connectivity index (χ0) is 14.1. The van der Waals surface area contributed by atoms with Gasteiger partial charge in [-0.15, -0.1) is 0 Å². The second-order valence-electron chi connectivity index (χ2n) is 4.14. The average Bonchev–Trinajstić information content (AvgIpc) is 2.87. The van der Waals surface area contributed by atoms with Gasteiger partial charge in [0.25, 0.3) is 0 Å². The molecule has 0 aromatic heterocycles. The summed E-state index contributed by atoms with van der Waals surface area (Å²) < 4.78 is 10.1. The lowest BCUT2D eigenvalue weighted by molar-refractivity contribution is 0.0809. The summed E-state index contributed by atoms with van der Waals surface area (Å²) in [6, 6.07) is 1.43. The SMILES string of the molecule is CCOC(=O)NC(=O)N(CCC#N)CC1CCCO1. The Labute approximate surface area is 112 Å². The Morgan fingerprint density at radius 1 is 1.58 bits per heavy atom. The number of nitrogens with zero attached hydrogens (tertiary/aromatic N) is 2. The van der Waals surface area contributed by atoms with Crippen LogP contribution in [0.2, 0.25) is 0 Å². The molecular weight excluding hydrogens is 250 g/mol. The van der Waals surface area contributed by atoms with Crippen molar-refractivity contribution in [3.63, 3.8) is 0 Å². The first-order valence-electron chi connectivity index (χ1n) is 6.38. The molecule has 0 aliphatic carbocycles. The van der Waals surface area contributed by atoms with Crippen molar-refractivity contribution >= 4 is 12.1 Å². The van der Waals surface area contributed by atoms with E-state index in [9.17, 15) is 9.59 Å². The number of hydrogen-bond acceptors (Lipinski definition) is 5. The second kappa shape index (κ2) is 8.32. The largest absolute Gasteiger partial charge is 0.450 e. The minimum Gasteiger partial charge on any atom is -0.450 e. The van der Waals surface area contributed by atoms with E-state index in [4.69, 9.17) is 10.00 Å². The van der Waals surface area contributed by atoms with Crippen LogP contribution in [0, 0.1) is 11.3 Å². The molecule has 7 nitrogen and oxygen atoms in total. The van der Waals surface area contributed by atoms with E-state index in [-0.39, 0.29) is 25.7 Å². The Morgan fingerprint density at radius 3 is 2.95 bits per heavy atom. The third-order valence-corrected chi connectivity index (χ3v) is 2.71. The van der Waals surface area contributed by atoms with Gasteiger partial charge in [-0.05, 0) is 19.8 Å². The Bertz CT molecular complexity index is 347. The van der Waals surface area contributed by atoms with Crippen LogP contribution in [-0.4, -0.2) is 49.4 Å². The van der Waals surface area contributed by atoms with E-state index < -0.39 is 12.1 Å². The van der Waals surface area contributed by atoms with Gasteiger partial charge < -0.3 is 14.4 Å². The van der Waals surface area contributed by atoms with Gasteiger partial charge in [-0.2, -0.15) is 5.26 Å². The van der Waals surface area contributed by atoms with Crippen LogP contribution in [0.25, 0.3) is 0 Å².